The molecule has 0 amide bonds. The lowest BCUT2D eigenvalue weighted by atomic mass is 10.0. The van der Waals surface area contributed by atoms with Crippen LogP contribution in [-0.2, 0) is 9.84 Å². The van der Waals surface area contributed by atoms with Crippen LogP contribution in [0.2, 0.25) is 0 Å². The number of halogens is 3. The number of piperidine rings is 1. The van der Waals surface area contributed by atoms with Crippen molar-refractivity contribution in [1.82, 2.24) is 10.2 Å². The molecule has 1 rings (SSSR count). The Bertz CT molecular complexity index is 390. The van der Waals surface area contributed by atoms with E-state index in [1.54, 1.807) is 13.8 Å². The molecule has 0 aromatic rings. The Hall–Kier alpha value is -0.340. The maximum Gasteiger partial charge on any atom is 0.401 e. The first-order valence-electron chi connectivity index (χ1n) is 6.85. The average molecular weight is 316 g/mol. The van der Waals surface area contributed by atoms with E-state index in [0.29, 0.717) is 25.9 Å². The molecule has 0 aliphatic carbocycles. The minimum absolute atomic E-state index is 0.0509. The molecule has 0 saturated carbocycles. The van der Waals surface area contributed by atoms with E-state index in [1.165, 1.54) is 4.90 Å². The molecule has 0 spiro atoms. The zero-order chi connectivity index (χ0) is 15.4. The van der Waals surface area contributed by atoms with Crippen molar-refractivity contribution >= 4 is 9.84 Å². The summed E-state index contributed by atoms with van der Waals surface area (Å²) in [7, 11) is -3.31. The molecule has 4 nitrogen and oxygen atoms in total. The van der Waals surface area contributed by atoms with Gasteiger partial charge >= 0.3 is 6.18 Å². The predicted octanol–water partition coefficient (Wildman–Crippen LogP) is 1.43. The highest BCUT2D eigenvalue weighted by molar-refractivity contribution is 7.92. The quantitative estimate of drug-likeness (QED) is 0.805. The van der Waals surface area contributed by atoms with Crippen LogP contribution in [0.15, 0.2) is 0 Å². The minimum atomic E-state index is -4.30. The van der Waals surface area contributed by atoms with Gasteiger partial charge in [-0.2, -0.15) is 13.2 Å². The molecular weight excluding hydrogens is 293 g/mol. The smallest absolute Gasteiger partial charge is 0.317 e. The van der Waals surface area contributed by atoms with Crippen molar-refractivity contribution in [3.8, 4) is 0 Å². The van der Waals surface area contributed by atoms with Crippen molar-refractivity contribution in [3.05, 3.63) is 0 Å². The number of alkyl halides is 3. The molecule has 0 bridgehead atoms. The van der Waals surface area contributed by atoms with Crippen LogP contribution in [0, 0.1) is 0 Å². The van der Waals surface area contributed by atoms with E-state index in [4.69, 9.17) is 0 Å². The zero-order valence-electron chi connectivity index (χ0n) is 11.9. The molecule has 0 aromatic carbocycles. The topological polar surface area (TPSA) is 49.4 Å². The van der Waals surface area contributed by atoms with Crippen LogP contribution >= 0.6 is 0 Å². The third kappa shape index (κ3) is 5.97. The fourth-order valence-corrected chi connectivity index (χ4v) is 3.23. The van der Waals surface area contributed by atoms with Crippen molar-refractivity contribution < 1.29 is 21.6 Å². The van der Waals surface area contributed by atoms with Crippen LogP contribution in [0.25, 0.3) is 0 Å². The SMILES string of the molecule is CC(C)S(=O)(=O)CCN(CC(F)(F)F)C1CCNCC1. The summed E-state index contributed by atoms with van der Waals surface area (Å²) >= 11 is 0. The van der Waals surface area contributed by atoms with Gasteiger partial charge in [0.2, 0.25) is 0 Å². The summed E-state index contributed by atoms with van der Waals surface area (Å²) in [6.07, 6.45) is -3.05. The molecule has 0 aromatic heterocycles. The summed E-state index contributed by atoms with van der Waals surface area (Å²) in [5.41, 5.74) is 0. The predicted molar refractivity (Wildman–Crippen MR) is 72.4 cm³/mol. The van der Waals surface area contributed by atoms with E-state index in [0.717, 1.165) is 0 Å². The average Bonchev–Trinajstić information content (AvgIpc) is 2.34. The second kappa shape index (κ2) is 7.09. The Morgan fingerprint density at radius 3 is 2.25 bits per heavy atom. The maximum absolute atomic E-state index is 12.6. The van der Waals surface area contributed by atoms with Crippen LogP contribution < -0.4 is 5.32 Å². The summed E-state index contributed by atoms with van der Waals surface area (Å²) in [6.45, 7) is 3.36. The second-order valence-electron chi connectivity index (χ2n) is 5.48. The monoisotopic (exact) mass is 316 g/mol. The Kier molecular flexibility index (Phi) is 6.27. The van der Waals surface area contributed by atoms with E-state index in [9.17, 15) is 21.6 Å². The highest BCUT2D eigenvalue weighted by atomic mass is 32.2. The number of sulfone groups is 1. The second-order valence-corrected chi connectivity index (χ2v) is 8.16. The van der Waals surface area contributed by atoms with Gasteiger partial charge < -0.3 is 5.32 Å². The van der Waals surface area contributed by atoms with Gasteiger partial charge in [-0.1, -0.05) is 0 Å². The van der Waals surface area contributed by atoms with Crippen molar-refractivity contribution in [2.75, 3.05) is 31.9 Å². The number of hydrogen-bond donors (Lipinski definition) is 1. The van der Waals surface area contributed by atoms with E-state index in [2.05, 4.69) is 5.32 Å². The molecule has 1 heterocycles. The van der Waals surface area contributed by atoms with Gasteiger partial charge in [0.05, 0.1) is 17.5 Å². The van der Waals surface area contributed by atoms with E-state index in [1.807, 2.05) is 0 Å². The Morgan fingerprint density at radius 2 is 1.80 bits per heavy atom. The number of hydrogen-bond acceptors (Lipinski definition) is 4. The number of nitrogens with zero attached hydrogens (tertiary/aromatic N) is 1. The van der Waals surface area contributed by atoms with Gasteiger partial charge in [0.25, 0.3) is 0 Å². The fraction of sp³-hybridized carbons (Fsp3) is 1.00. The molecule has 1 fully saturated rings. The Labute approximate surface area is 118 Å². The molecule has 1 N–H and O–H groups in total. The molecule has 1 aliphatic rings. The third-order valence-electron chi connectivity index (χ3n) is 3.59. The molecule has 0 atom stereocenters. The van der Waals surface area contributed by atoms with E-state index < -0.39 is 27.8 Å². The lowest BCUT2D eigenvalue weighted by molar-refractivity contribution is -0.151. The fourth-order valence-electron chi connectivity index (χ4n) is 2.27. The van der Waals surface area contributed by atoms with Crippen LogP contribution in [0.3, 0.4) is 0 Å². The lowest BCUT2D eigenvalue weighted by Crippen LogP contribution is -2.48. The van der Waals surface area contributed by atoms with Gasteiger partial charge in [-0.15, -0.1) is 0 Å². The highest BCUT2D eigenvalue weighted by Gasteiger charge is 2.34. The number of rotatable bonds is 6. The van der Waals surface area contributed by atoms with Gasteiger partial charge in [0.15, 0.2) is 9.84 Å². The van der Waals surface area contributed by atoms with E-state index >= 15 is 0 Å². The minimum Gasteiger partial charge on any atom is -0.317 e. The summed E-state index contributed by atoms with van der Waals surface area (Å²) in [4.78, 5) is 1.28. The van der Waals surface area contributed by atoms with Crippen molar-refractivity contribution in [3.63, 3.8) is 0 Å². The van der Waals surface area contributed by atoms with Crippen LogP contribution in [0.5, 0.6) is 0 Å². The standard InChI is InChI=1S/C12H23F3N2O2S/c1-10(2)20(18,19)8-7-17(9-12(13,14)15)11-3-5-16-6-4-11/h10-11,16H,3-9H2,1-2H3. The molecule has 0 radical (unpaired) electrons. The van der Waals surface area contributed by atoms with Gasteiger partial charge in [0, 0.05) is 12.6 Å². The van der Waals surface area contributed by atoms with Gasteiger partial charge in [0.1, 0.15) is 0 Å². The van der Waals surface area contributed by atoms with Crippen LogP contribution in [0.1, 0.15) is 26.7 Å². The molecule has 120 valence electrons. The molecule has 0 unspecified atom stereocenters. The van der Waals surface area contributed by atoms with Crippen LogP contribution in [-0.4, -0.2) is 62.7 Å². The first-order valence-corrected chi connectivity index (χ1v) is 8.56. The van der Waals surface area contributed by atoms with E-state index in [-0.39, 0.29) is 18.3 Å². The maximum atomic E-state index is 12.6. The Balaban J connectivity index is 2.67. The summed E-state index contributed by atoms with van der Waals surface area (Å²) in [5, 5.41) is 2.54. The lowest BCUT2D eigenvalue weighted by Gasteiger charge is -2.35. The van der Waals surface area contributed by atoms with Crippen molar-refractivity contribution in [1.29, 1.82) is 0 Å². The first-order chi connectivity index (χ1) is 9.12. The Morgan fingerprint density at radius 1 is 1.25 bits per heavy atom. The van der Waals surface area contributed by atoms with Crippen molar-refractivity contribution in [2.24, 2.45) is 0 Å². The zero-order valence-corrected chi connectivity index (χ0v) is 12.7. The van der Waals surface area contributed by atoms with Gasteiger partial charge in [-0.3, -0.25) is 4.90 Å². The molecule has 1 saturated heterocycles. The first kappa shape index (κ1) is 17.7. The normalized spacial score (nSPS) is 18.9. The highest BCUT2D eigenvalue weighted by Crippen LogP contribution is 2.21. The molecular formula is C12H23F3N2O2S. The molecule has 8 heteroatoms. The molecule has 1 aliphatic heterocycles. The largest absolute Gasteiger partial charge is 0.401 e. The third-order valence-corrected chi connectivity index (χ3v) is 5.78. The summed E-state index contributed by atoms with van der Waals surface area (Å²) < 4.78 is 61.4. The van der Waals surface area contributed by atoms with Gasteiger partial charge in [-0.25, -0.2) is 8.42 Å². The van der Waals surface area contributed by atoms with Crippen molar-refractivity contribution in [2.45, 2.75) is 44.2 Å². The molecule has 20 heavy (non-hydrogen) atoms. The number of nitrogens with one attached hydrogen (secondary N) is 1. The van der Waals surface area contributed by atoms with Crippen LogP contribution in [0.4, 0.5) is 13.2 Å². The summed E-state index contributed by atoms with van der Waals surface area (Å²) in [6, 6.07) is -0.194. The summed E-state index contributed by atoms with van der Waals surface area (Å²) in [5.74, 6) is -0.218. The van der Waals surface area contributed by atoms with Gasteiger partial charge in [-0.05, 0) is 39.8 Å².